The van der Waals surface area contributed by atoms with Crippen molar-refractivity contribution in [3.63, 3.8) is 0 Å². The van der Waals surface area contributed by atoms with Gasteiger partial charge in [-0.15, -0.1) is 0 Å². The predicted molar refractivity (Wildman–Crippen MR) is 257 cm³/mol. The highest BCUT2D eigenvalue weighted by Gasteiger charge is 2.26. The summed E-state index contributed by atoms with van der Waals surface area (Å²) in [5.74, 6) is 4.69. The molecule has 8 rings (SSSR count). The van der Waals surface area contributed by atoms with E-state index >= 15 is 0 Å². The summed E-state index contributed by atoms with van der Waals surface area (Å²) >= 11 is 0. The molecule has 0 aromatic heterocycles. The van der Waals surface area contributed by atoms with Crippen LogP contribution in [0.1, 0.15) is 116 Å². The Morgan fingerprint density at radius 1 is 0.635 bits per heavy atom. The largest absolute Gasteiger partial charge is 0.486 e. The van der Waals surface area contributed by atoms with Crippen LogP contribution in [-0.4, -0.2) is 32.3 Å². The Bertz CT molecular complexity index is 2180. The van der Waals surface area contributed by atoms with Gasteiger partial charge in [-0.1, -0.05) is 140 Å². The molecule has 0 radical (unpaired) electrons. The second-order valence-corrected chi connectivity index (χ2v) is 17.3. The number of hydrogen-bond donors (Lipinski definition) is 0. The van der Waals surface area contributed by atoms with Gasteiger partial charge in [-0.05, 0) is 149 Å². The van der Waals surface area contributed by atoms with E-state index in [9.17, 15) is 4.39 Å². The first-order chi connectivity index (χ1) is 30.7. The Labute approximate surface area is 377 Å². The molecule has 0 N–H and O–H groups in total. The zero-order valence-corrected chi connectivity index (χ0v) is 38.2. The van der Waals surface area contributed by atoms with Gasteiger partial charge in [0, 0.05) is 13.0 Å². The molecule has 0 spiro atoms. The van der Waals surface area contributed by atoms with E-state index in [0.717, 1.165) is 48.8 Å². The van der Waals surface area contributed by atoms with Crippen molar-refractivity contribution in [2.24, 2.45) is 5.92 Å². The van der Waals surface area contributed by atoms with Crippen molar-refractivity contribution in [1.82, 2.24) is 4.90 Å². The molecule has 0 saturated heterocycles. The lowest BCUT2D eigenvalue weighted by atomic mass is 9.73. The molecule has 6 aromatic carbocycles. The maximum Gasteiger partial charge on any atom is 0.231 e. The zero-order valence-electron chi connectivity index (χ0n) is 38.2. The van der Waals surface area contributed by atoms with Crippen LogP contribution in [-0.2, 0) is 6.42 Å². The van der Waals surface area contributed by atoms with Gasteiger partial charge < -0.3 is 23.8 Å². The molecule has 63 heavy (non-hydrogen) atoms. The smallest absolute Gasteiger partial charge is 0.231 e. The molecule has 5 nitrogen and oxygen atoms in total. The number of ether oxygens (including phenoxy) is 4. The highest BCUT2D eigenvalue weighted by atomic mass is 19.1. The fourth-order valence-electron chi connectivity index (χ4n) is 8.40. The first-order valence-electron chi connectivity index (χ1n) is 23.1. The second kappa shape index (κ2) is 24.9. The van der Waals surface area contributed by atoms with E-state index in [-0.39, 0.29) is 18.0 Å². The molecule has 332 valence electrons. The first kappa shape index (κ1) is 46.9. The molecule has 0 bridgehead atoms. The van der Waals surface area contributed by atoms with Gasteiger partial charge in [0.05, 0.1) is 0 Å². The maximum atomic E-state index is 13.2. The van der Waals surface area contributed by atoms with Crippen LogP contribution in [0.5, 0.6) is 23.0 Å². The minimum absolute atomic E-state index is 0.0984. The van der Waals surface area contributed by atoms with E-state index in [1.54, 1.807) is 12.1 Å². The van der Waals surface area contributed by atoms with Gasteiger partial charge in [-0.25, -0.2) is 4.39 Å². The van der Waals surface area contributed by atoms with E-state index in [0.29, 0.717) is 18.6 Å². The summed E-state index contributed by atoms with van der Waals surface area (Å²) < 4.78 is 36.4. The molecule has 1 fully saturated rings. The van der Waals surface area contributed by atoms with E-state index in [2.05, 4.69) is 137 Å². The molecule has 1 aliphatic heterocycles. The van der Waals surface area contributed by atoms with Gasteiger partial charge in [0.25, 0.3) is 0 Å². The predicted octanol–water partition coefficient (Wildman–Crippen LogP) is 14.8. The molecule has 6 aromatic rings. The van der Waals surface area contributed by atoms with Crippen LogP contribution >= 0.6 is 0 Å². The summed E-state index contributed by atoms with van der Waals surface area (Å²) in [5, 5.41) is 0. The lowest BCUT2D eigenvalue weighted by molar-refractivity contribution is 0.174. The molecular formula is C57H68FNO4. The van der Waals surface area contributed by atoms with Crippen LogP contribution in [0.4, 0.5) is 4.39 Å². The molecule has 2 aliphatic rings. The molecule has 6 heteroatoms. The Morgan fingerprint density at radius 3 is 1.76 bits per heavy atom. The highest BCUT2D eigenvalue weighted by Crippen LogP contribution is 2.41. The number of nitrogens with zero attached hydrogens (tertiary/aromatic N) is 1. The molecule has 0 amide bonds. The fourth-order valence-corrected chi connectivity index (χ4v) is 8.40. The van der Waals surface area contributed by atoms with Crippen molar-refractivity contribution in [3.8, 4) is 23.0 Å². The normalized spacial score (nSPS) is 16.2. The Kier molecular flexibility index (Phi) is 18.5. The topological polar surface area (TPSA) is 40.2 Å². The molecule has 1 saturated carbocycles. The number of halogens is 1. The van der Waals surface area contributed by atoms with E-state index in [1.165, 1.54) is 78.3 Å². The summed E-state index contributed by atoms with van der Waals surface area (Å²) in [6, 6.07) is 50.9. The average molecular weight is 850 g/mol. The second-order valence-electron chi connectivity index (χ2n) is 17.3. The van der Waals surface area contributed by atoms with E-state index < -0.39 is 0 Å². The number of hydrogen-bond acceptors (Lipinski definition) is 5. The lowest BCUT2D eigenvalue weighted by Crippen LogP contribution is -2.18. The molecule has 4 atom stereocenters. The van der Waals surface area contributed by atoms with Crippen LogP contribution in [0.15, 0.2) is 152 Å². The first-order valence-corrected chi connectivity index (χ1v) is 23.1. The van der Waals surface area contributed by atoms with Crippen LogP contribution in [0.3, 0.4) is 0 Å². The summed E-state index contributed by atoms with van der Waals surface area (Å²) in [7, 11) is 4.18. The van der Waals surface area contributed by atoms with Crippen LogP contribution in [0.2, 0.25) is 0 Å². The summed E-state index contributed by atoms with van der Waals surface area (Å²) in [6.07, 6.45) is 12.0. The van der Waals surface area contributed by atoms with Gasteiger partial charge in [-0.3, -0.25) is 0 Å². The number of unbranched alkanes of at least 4 members (excludes halogenated alkanes) is 1. The van der Waals surface area contributed by atoms with Crippen LogP contribution in [0.25, 0.3) is 0 Å². The third-order valence-electron chi connectivity index (χ3n) is 12.0. The van der Waals surface area contributed by atoms with Crippen molar-refractivity contribution in [2.45, 2.75) is 103 Å². The summed E-state index contributed by atoms with van der Waals surface area (Å²) in [6.45, 7) is 7.73. The van der Waals surface area contributed by atoms with Crippen molar-refractivity contribution < 1.29 is 23.3 Å². The number of aryl methyl sites for hydroxylation is 3. The zero-order chi connectivity index (χ0) is 44.2. The average Bonchev–Trinajstić information content (AvgIpc) is 3.79. The van der Waals surface area contributed by atoms with Crippen molar-refractivity contribution in [2.75, 3.05) is 27.4 Å². The van der Waals surface area contributed by atoms with E-state index in [4.69, 9.17) is 18.9 Å². The van der Waals surface area contributed by atoms with Crippen molar-refractivity contribution in [1.29, 1.82) is 0 Å². The monoisotopic (exact) mass is 850 g/mol. The molecule has 1 aliphatic carbocycles. The minimum Gasteiger partial charge on any atom is -0.486 e. The van der Waals surface area contributed by atoms with Gasteiger partial charge in [0.1, 0.15) is 29.5 Å². The molecular weight excluding hydrogens is 782 g/mol. The third-order valence-corrected chi connectivity index (χ3v) is 12.0. The van der Waals surface area contributed by atoms with Crippen molar-refractivity contribution >= 4 is 0 Å². The number of rotatable bonds is 16. The summed E-state index contributed by atoms with van der Waals surface area (Å²) in [4.78, 5) is 2.19. The molecule has 2 unspecified atom stereocenters. The van der Waals surface area contributed by atoms with Crippen LogP contribution in [0, 0.1) is 25.6 Å². The summed E-state index contributed by atoms with van der Waals surface area (Å²) in [5.41, 5.74) is 7.61. The fraction of sp³-hybridized carbons (Fsp3) is 0.368. The van der Waals surface area contributed by atoms with Gasteiger partial charge in [-0.2, -0.15) is 0 Å². The molecule has 1 heterocycles. The minimum atomic E-state index is -0.147. The van der Waals surface area contributed by atoms with Gasteiger partial charge in [0.15, 0.2) is 11.5 Å². The standard InChI is InChI=1S/C21H23FO2.C18H23NO.C18H22O/c22-18-10-8-17(9-11-18)19-4-2-1-3-16(19)7-5-15-6-12-20-21(13-15)24-14-23-20;1-15-9-11-17(12-10-15)20-18(13-14-19(2)3)16-7-5-4-6-8-16;1-3-4-10-18(16-8-6-5-7-9-16)19-17-13-11-15(2)12-14-17/h6,8-13,16,19H,1-5,7,14H2;4-12,18H,13-14H2,1-3H3;5-9,11-14,18H,3-4,10H2,1-2H3/t16-,19+;;/m0../s1. The van der Waals surface area contributed by atoms with Crippen molar-refractivity contribution in [3.05, 3.63) is 191 Å². The third kappa shape index (κ3) is 15.3. The van der Waals surface area contributed by atoms with Crippen LogP contribution < -0.4 is 18.9 Å². The maximum absolute atomic E-state index is 13.2. The Balaban J connectivity index is 0.000000159. The van der Waals surface area contributed by atoms with Gasteiger partial charge in [0.2, 0.25) is 6.79 Å². The van der Waals surface area contributed by atoms with E-state index in [1.807, 2.05) is 42.5 Å². The Morgan fingerprint density at radius 2 is 1.19 bits per heavy atom. The Hall–Kier alpha value is -5.59. The number of fused-ring (bicyclic) bond motifs is 1. The quantitative estimate of drug-likeness (QED) is 0.0970. The lowest BCUT2D eigenvalue weighted by Gasteiger charge is -2.32. The highest BCUT2D eigenvalue weighted by molar-refractivity contribution is 5.44. The SMILES string of the molecule is CCCCC(Oc1ccc(C)cc1)c1ccccc1.Cc1ccc(OC(CCN(C)C)c2ccccc2)cc1.Fc1ccc([C@@H]2CCCC[C@H]2CCc2ccc3c(c2)OCO3)cc1. The number of benzene rings is 6. The van der Waals surface area contributed by atoms with Gasteiger partial charge >= 0.3 is 0 Å².